The van der Waals surface area contributed by atoms with Crippen LogP contribution in [0.4, 0.5) is 10.6 Å². The first-order valence-corrected chi connectivity index (χ1v) is 8.47. The molecule has 0 spiro atoms. The average molecular weight is 316 g/mol. The van der Waals surface area contributed by atoms with E-state index in [1.807, 2.05) is 0 Å². The molecule has 0 unspecified atom stereocenters. The lowest BCUT2D eigenvalue weighted by atomic mass is 10.1. The highest BCUT2D eigenvalue weighted by atomic mass is 32.2. The predicted octanol–water partition coefficient (Wildman–Crippen LogP) is 0.952. The second-order valence-electron chi connectivity index (χ2n) is 4.95. The third-order valence-corrected chi connectivity index (χ3v) is 5.65. The number of carbonyl (C=O) groups excluding carboxylic acids is 1. The summed E-state index contributed by atoms with van der Waals surface area (Å²) in [6.45, 7) is 2.65. The number of hydrogen-bond acceptors (Lipinski definition) is 5. The van der Waals surface area contributed by atoms with Crippen molar-refractivity contribution in [3.8, 4) is 0 Å². The highest BCUT2D eigenvalue weighted by Crippen LogP contribution is 2.19. The van der Waals surface area contributed by atoms with Crippen molar-refractivity contribution in [2.45, 2.75) is 25.8 Å². The van der Waals surface area contributed by atoms with E-state index < -0.39 is 10.0 Å². The van der Waals surface area contributed by atoms with Crippen LogP contribution in [0.1, 0.15) is 19.8 Å². The normalized spacial score (nSPS) is 17.2. The molecule has 1 N–H and O–H groups in total. The van der Waals surface area contributed by atoms with E-state index in [2.05, 4.69) is 15.0 Å². The van der Waals surface area contributed by atoms with Crippen LogP contribution < -0.4 is 5.32 Å². The Balaban J connectivity index is 1.87. The maximum absolute atomic E-state index is 12.0. The minimum atomic E-state index is -3.18. The first-order chi connectivity index (χ1) is 9.94. The fourth-order valence-electron chi connectivity index (χ4n) is 2.33. The lowest BCUT2D eigenvalue weighted by molar-refractivity contribution is 0.174. The minimum absolute atomic E-state index is 0.0500. The molecule has 0 aromatic carbocycles. The highest BCUT2D eigenvalue weighted by molar-refractivity contribution is 7.89. The van der Waals surface area contributed by atoms with Crippen LogP contribution in [0.25, 0.3) is 0 Å². The Kier molecular flexibility index (Phi) is 4.84. The standard InChI is InChI=1S/C12H20N4O4S/c1-3-21(18,19)15(2)10-4-7-16(8-5-10)12(17)13-11-6-9-20-14-11/h6,9-10H,3-5,7-8H2,1-2H3,(H,13,14,17). The first kappa shape index (κ1) is 15.8. The number of likely N-dealkylation sites (tertiary alicyclic amines) is 1. The zero-order valence-electron chi connectivity index (χ0n) is 12.2. The number of carbonyl (C=O) groups is 1. The Hall–Kier alpha value is -1.61. The van der Waals surface area contributed by atoms with Crippen LogP contribution in [0.15, 0.2) is 16.9 Å². The second kappa shape index (κ2) is 6.44. The van der Waals surface area contributed by atoms with Gasteiger partial charge in [-0.1, -0.05) is 5.16 Å². The lowest BCUT2D eigenvalue weighted by Crippen LogP contribution is -2.48. The third-order valence-electron chi connectivity index (χ3n) is 3.74. The van der Waals surface area contributed by atoms with E-state index in [0.717, 1.165) is 0 Å². The number of nitrogens with zero attached hydrogens (tertiary/aromatic N) is 3. The van der Waals surface area contributed by atoms with Crippen LogP contribution in [0, 0.1) is 0 Å². The summed E-state index contributed by atoms with van der Waals surface area (Å²) in [5.41, 5.74) is 0. The van der Waals surface area contributed by atoms with E-state index in [0.29, 0.717) is 31.7 Å². The maximum Gasteiger partial charge on any atom is 0.323 e. The molecule has 0 atom stereocenters. The molecule has 1 aromatic rings. The minimum Gasteiger partial charge on any atom is -0.363 e. The van der Waals surface area contributed by atoms with E-state index in [4.69, 9.17) is 0 Å². The summed E-state index contributed by atoms with van der Waals surface area (Å²) < 4.78 is 29.8. The Morgan fingerprint density at radius 3 is 2.71 bits per heavy atom. The Bertz CT molecular complexity index is 564. The van der Waals surface area contributed by atoms with Gasteiger partial charge in [-0.2, -0.15) is 0 Å². The van der Waals surface area contributed by atoms with Gasteiger partial charge in [0.15, 0.2) is 5.82 Å². The van der Waals surface area contributed by atoms with Gasteiger partial charge in [0.05, 0.1) is 5.75 Å². The summed E-state index contributed by atoms with van der Waals surface area (Å²) in [4.78, 5) is 13.6. The summed E-state index contributed by atoms with van der Waals surface area (Å²) in [7, 11) is -1.58. The van der Waals surface area contributed by atoms with Crippen LogP contribution in [-0.2, 0) is 10.0 Å². The highest BCUT2D eigenvalue weighted by Gasteiger charge is 2.30. The summed E-state index contributed by atoms with van der Waals surface area (Å²) in [5, 5.41) is 6.24. The smallest absolute Gasteiger partial charge is 0.323 e. The Labute approximate surface area is 124 Å². The largest absolute Gasteiger partial charge is 0.363 e. The van der Waals surface area contributed by atoms with Gasteiger partial charge in [0.1, 0.15) is 6.26 Å². The van der Waals surface area contributed by atoms with Gasteiger partial charge in [0.2, 0.25) is 10.0 Å². The van der Waals surface area contributed by atoms with Crippen molar-refractivity contribution in [2.75, 3.05) is 31.2 Å². The molecule has 1 saturated heterocycles. The first-order valence-electron chi connectivity index (χ1n) is 6.86. The molecule has 21 heavy (non-hydrogen) atoms. The van der Waals surface area contributed by atoms with Crippen LogP contribution in [-0.4, -0.2) is 60.7 Å². The average Bonchev–Trinajstić information content (AvgIpc) is 2.99. The molecule has 1 aliphatic heterocycles. The molecule has 1 aromatic heterocycles. The molecule has 0 radical (unpaired) electrons. The fraction of sp³-hybridized carbons (Fsp3) is 0.667. The number of rotatable bonds is 4. The van der Waals surface area contributed by atoms with Gasteiger partial charge in [-0.3, -0.25) is 5.32 Å². The van der Waals surface area contributed by atoms with Crippen molar-refractivity contribution >= 4 is 21.9 Å². The second-order valence-corrected chi connectivity index (χ2v) is 7.27. The summed E-state index contributed by atoms with van der Waals surface area (Å²) in [6, 6.07) is 1.26. The number of amides is 2. The summed E-state index contributed by atoms with van der Waals surface area (Å²) >= 11 is 0. The molecule has 2 amide bonds. The van der Waals surface area contributed by atoms with Crippen molar-refractivity contribution < 1.29 is 17.7 Å². The molecule has 0 bridgehead atoms. The number of sulfonamides is 1. The number of aromatic nitrogens is 1. The van der Waals surface area contributed by atoms with Crippen molar-refractivity contribution in [3.05, 3.63) is 12.3 Å². The summed E-state index contributed by atoms with van der Waals surface area (Å²) in [6.07, 6.45) is 2.64. The van der Waals surface area contributed by atoms with Crippen molar-refractivity contribution in [1.82, 2.24) is 14.4 Å². The summed E-state index contributed by atoms with van der Waals surface area (Å²) in [5.74, 6) is 0.462. The van der Waals surface area contributed by atoms with Crippen LogP contribution in [0.2, 0.25) is 0 Å². The lowest BCUT2D eigenvalue weighted by Gasteiger charge is -2.35. The van der Waals surface area contributed by atoms with E-state index in [1.54, 1.807) is 24.9 Å². The number of hydrogen-bond donors (Lipinski definition) is 1. The monoisotopic (exact) mass is 316 g/mol. The predicted molar refractivity (Wildman–Crippen MR) is 77.3 cm³/mol. The molecule has 1 fully saturated rings. The van der Waals surface area contributed by atoms with E-state index in [9.17, 15) is 13.2 Å². The van der Waals surface area contributed by atoms with Crippen LogP contribution >= 0.6 is 0 Å². The van der Waals surface area contributed by atoms with Gasteiger partial charge in [-0.05, 0) is 19.8 Å². The SMILES string of the molecule is CCS(=O)(=O)N(C)C1CCN(C(=O)Nc2ccon2)CC1. The van der Waals surface area contributed by atoms with Gasteiger partial charge < -0.3 is 9.42 Å². The van der Waals surface area contributed by atoms with Gasteiger partial charge in [0.25, 0.3) is 0 Å². The number of anilines is 1. The van der Waals surface area contributed by atoms with Crippen LogP contribution in [0.5, 0.6) is 0 Å². The Morgan fingerprint density at radius 2 is 2.19 bits per heavy atom. The van der Waals surface area contributed by atoms with E-state index in [-0.39, 0.29) is 17.8 Å². The molecule has 2 heterocycles. The molecule has 0 aliphatic carbocycles. The molecular formula is C12H20N4O4S. The molecular weight excluding hydrogens is 296 g/mol. The molecule has 2 rings (SSSR count). The van der Waals surface area contributed by atoms with Gasteiger partial charge in [-0.15, -0.1) is 0 Å². The quantitative estimate of drug-likeness (QED) is 0.892. The van der Waals surface area contributed by atoms with Crippen molar-refractivity contribution in [2.24, 2.45) is 0 Å². The number of urea groups is 1. The van der Waals surface area contributed by atoms with Gasteiger partial charge in [0, 0.05) is 32.2 Å². The van der Waals surface area contributed by atoms with Gasteiger partial charge >= 0.3 is 6.03 Å². The van der Waals surface area contributed by atoms with E-state index in [1.165, 1.54) is 10.6 Å². The molecule has 1 aliphatic rings. The fourth-order valence-corrected chi connectivity index (χ4v) is 3.40. The Morgan fingerprint density at radius 1 is 1.52 bits per heavy atom. The van der Waals surface area contributed by atoms with Crippen molar-refractivity contribution in [3.63, 3.8) is 0 Å². The zero-order valence-corrected chi connectivity index (χ0v) is 13.0. The van der Waals surface area contributed by atoms with Gasteiger partial charge in [-0.25, -0.2) is 17.5 Å². The molecule has 8 nitrogen and oxygen atoms in total. The number of piperidine rings is 1. The molecule has 9 heteroatoms. The zero-order chi connectivity index (χ0) is 15.5. The van der Waals surface area contributed by atoms with Crippen molar-refractivity contribution in [1.29, 1.82) is 0 Å². The topological polar surface area (TPSA) is 95.8 Å². The molecule has 0 saturated carbocycles. The maximum atomic E-state index is 12.0. The molecule has 118 valence electrons. The van der Waals surface area contributed by atoms with E-state index >= 15 is 0 Å². The number of nitrogens with one attached hydrogen (secondary N) is 1. The third kappa shape index (κ3) is 3.73. The van der Waals surface area contributed by atoms with Crippen LogP contribution in [0.3, 0.4) is 0 Å².